The highest BCUT2D eigenvalue weighted by Gasteiger charge is 2.26. The zero-order valence-corrected chi connectivity index (χ0v) is 35.4. The van der Waals surface area contributed by atoms with Crippen LogP contribution in [0.25, 0.3) is 22.1 Å². The molecule has 19 heteroatoms. The number of amides is 3. The number of carbonyl (C=O) groups is 5. The summed E-state index contributed by atoms with van der Waals surface area (Å²) in [5.41, 5.74) is 2.26. The number of carboxylic acids is 2. The molecule has 3 amide bonds. The van der Waals surface area contributed by atoms with E-state index in [0.717, 1.165) is 62.9 Å². The molecule has 19 nitrogen and oxygen atoms in total. The molecular formula is C42H59N9O10. The molecule has 5 heterocycles. The van der Waals surface area contributed by atoms with Gasteiger partial charge in [-0.15, -0.1) is 0 Å². The van der Waals surface area contributed by atoms with Gasteiger partial charge in [0.25, 0.3) is 0 Å². The van der Waals surface area contributed by atoms with E-state index in [1.165, 1.54) is 9.13 Å². The molecule has 2 aromatic heterocycles. The summed E-state index contributed by atoms with van der Waals surface area (Å²) >= 11 is 0. The first-order valence-electron chi connectivity index (χ1n) is 20.9. The van der Waals surface area contributed by atoms with Crippen molar-refractivity contribution in [2.24, 2.45) is 11.8 Å². The number of imidazole rings is 2. The average molecular weight is 850 g/mol. The van der Waals surface area contributed by atoms with Crippen LogP contribution in [-0.2, 0) is 19.1 Å². The first-order chi connectivity index (χ1) is 29.2. The van der Waals surface area contributed by atoms with Crippen LogP contribution >= 0.6 is 0 Å². The maximum absolute atomic E-state index is 12.9. The molecule has 3 aliphatic heterocycles. The van der Waals surface area contributed by atoms with Crippen LogP contribution in [0.4, 0.5) is 9.59 Å². The van der Waals surface area contributed by atoms with E-state index in [-0.39, 0.29) is 41.4 Å². The molecule has 332 valence electrons. The van der Waals surface area contributed by atoms with Crippen LogP contribution in [0.2, 0.25) is 0 Å². The minimum atomic E-state index is -1.82. The highest BCUT2D eigenvalue weighted by atomic mass is 16.5. The number of aliphatic carboxylic acids is 2. The van der Waals surface area contributed by atoms with Gasteiger partial charge in [-0.25, -0.2) is 37.9 Å². The number of para-hydroxylation sites is 4. The number of aromatic nitrogens is 4. The van der Waals surface area contributed by atoms with Crippen molar-refractivity contribution in [3.63, 3.8) is 0 Å². The van der Waals surface area contributed by atoms with Crippen molar-refractivity contribution >= 4 is 52.0 Å². The number of ether oxygens (including phenoxy) is 1. The van der Waals surface area contributed by atoms with Crippen LogP contribution < -0.4 is 27.3 Å². The minimum absolute atomic E-state index is 0.00543. The Bertz CT molecular complexity index is 2260. The van der Waals surface area contributed by atoms with E-state index in [2.05, 4.69) is 20.9 Å². The Kier molecular flexibility index (Phi) is 16.4. The monoisotopic (exact) mass is 849 g/mol. The lowest BCUT2D eigenvalue weighted by molar-refractivity contribution is -0.159. The van der Waals surface area contributed by atoms with Crippen molar-refractivity contribution < 1.29 is 38.9 Å². The summed E-state index contributed by atoms with van der Waals surface area (Å²) in [6.07, 6.45) is 3.95. The summed E-state index contributed by atoms with van der Waals surface area (Å²) in [6.45, 7) is 15.6. The zero-order valence-electron chi connectivity index (χ0n) is 35.4. The highest BCUT2D eigenvalue weighted by molar-refractivity contribution is 6.27. The maximum atomic E-state index is 12.9. The molecule has 3 saturated heterocycles. The number of piperidine rings is 2. The predicted molar refractivity (Wildman–Crippen MR) is 228 cm³/mol. The zero-order chi connectivity index (χ0) is 44.2. The minimum Gasteiger partial charge on any atom is -0.473 e. The summed E-state index contributed by atoms with van der Waals surface area (Å²) in [5.74, 6) is -2.66. The summed E-state index contributed by atoms with van der Waals surface area (Å²) in [7, 11) is 0. The second-order valence-corrected chi connectivity index (χ2v) is 16.0. The van der Waals surface area contributed by atoms with E-state index < -0.39 is 11.9 Å². The number of likely N-dealkylation sites (tertiary alicyclic amines) is 1. The second kappa shape index (κ2) is 21.6. The number of morpholine rings is 1. The van der Waals surface area contributed by atoms with Gasteiger partial charge in [0.1, 0.15) is 0 Å². The lowest BCUT2D eigenvalue weighted by Gasteiger charge is -2.34. The van der Waals surface area contributed by atoms with E-state index in [0.29, 0.717) is 68.8 Å². The maximum Gasteiger partial charge on any atom is 0.414 e. The van der Waals surface area contributed by atoms with Crippen LogP contribution in [0.1, 0.15) is 65.5 Å². The molecule has 4 aromatic rings. The number of nitrogens with zero attached hydrogens (tertiary/aromatic N) is 6. The van der Waals surface area contributed by atoms with E-state index >= 15 is 0 Å². The fraction of sp³-hybridized carbons (Fsp3) is 0.548. The molecule has 0 unspecified atom stereocenters. The summed E-state index contributed by atoms with van der Waals surface area (Å²) in [5, 5.41) is 24.0. The van der Waals surface area contributed by atoms with E-state index in [1.807, 2.05) is 75.1 Å². The van der Waals surface area contributed by atoms with Gasteiger partial charge in [0.15, 0.2) is 0 Å². The molecule has 2 aromatic carbocycles. The van der Waals surface area contributed by atoms with Gasteiger partial charge < -0.3 is 35.8 Å². The van der Waals surface area contributed by atoms with Gasteiger partial charge in [-0.3, -0.25) is 18.8 Å². The molecule has 3 fully saturated rings. The number of carbonyl (C=O) groups excluding carboxylic acids is 3. The Hall–Kier alpha value is -5.79. The Morgan fingerprint density at radius 3 is 1.48 bits per heavy atom. The van der Waals surface area contributed by atoms with Crippen molar-refractivity contribution in [3.8, 4) is 0 Å². The molecular weight excluding hydrogens is 791 g/mol. The number of hydrogen-bond donors (Lipinski definition) is 5. The van der Waals surface area contributed by atoms with E-state index in [1.54, 1.807) is 15.2 Å². The van der Waals surface area contributed by atoms with Crippen molar-refractivity contribution in [1.82, 2.24) is 44.0 Å². The fourth-order valence-electron chi connectivity index (χ4n) is 7.89. The Balaban J connectivity index is 0.000000212. The second-order valence-electron chi connectivity index (χ2n) is 16.0. The standard InChI is InChI=1S/C23H33N5O4.C17H24N4O2.C2H2O4/c1-17(2)27-19-5-3-4-6-20(19)28(23(27)31)22(30)24-15-18-7-9-25(10-8-18)16-21(29)26-11-13-32-14-12-26;1-12(2)20-14-5-3-4-6-15(14)21(17(20)23)16(22)19-11-13-7-9-18-10-8-13;3-1(4)2(5)6/h3-6,17-18H,7-16H2,1-2H3,(H,24,30);3-6,12-13,18H,7-11H2,1-2H3,(H,19,22);(H,3,4)(H,5,6). The molecule has 5 N–H and O–H groups in total. The molecule has 3 aliphatic rings. The van der Waals surface area contributed by atoms with E-state index in [9.17, 15) is 24.0 Å². The van der Waals surface area contributed by atoms with Crippen LogP contribution in [0.5, 0.6) is 0 Å². The summed E-state index contributed by atoms with van der Waals surface area (Å²) in [4.78, 5) is 85.8. The third kappa shape index (κ3) is 11.7. The number of nitrogens with one attached hydrogen (secondary N) is 3. The van der Waals surface area contributed by atoms with Crippen LogP contribution in [0, 0.1) is 11.8 Å². The first kappa shape index (κ1) is 46.3. The largest absolute Gasteiger partial charge is 0.473 e. The fourth-order valence-corrected chi connectivity index (χ4v) is 7.89. The number of fused-ring (bicyclic) bond motifs is 2. The third-order valence-electron chi connectivity index (χ3n) is 11.2. The van der Waals surface area contributed by atoms with Crippen LogP contribution in [-0.4, -0.2) is 140 Å². The van der Waals surface area contributed by atoms with Gasteiger partial charge in [-0.2, -0.15) is 0 Å². The first-order valence-corrected chi connectivity index (χ1v) is 20.9. The smallest absolute Gasteiger partial charge is 0.414 e. The van der Waals surface area contributed by atoms with Crippen molar-refractivity contribution in [1.29, 1.82) is 0 Å². The molecule has 0 saturated carbocycles. The quantitative estimate of drug-likeness (QED) is 0.161. The average Bonchev–Trinajstić information content (AvgIpc) is 3.73. The molecule has 0 spiro atoms. The van der Waals surface area contributed by atoms with Crippen molar-refractivity contribution in [3.05, 3.63) is 69.5 Å². The molecule has 0 bridgehead atoms. The summed E-state index contributed by atoms with van der Waals surface area (Å²) < 4.78 is 11.1. The molecule has 61 heavy (non-hydrogen) atoms. The predicted octanol–water partition coefficient (Wildman–Crippen LogP) is 2.61. The molecule has 7 rings (SSSR count). The normalized spacial score (nSPS) is 16.5. The Morgan fingerprint density at radius 1 is 0.656 bits per heavy atom. The SMILES string of the molecule is CC(C)n1c(=O)n(C(=O)NCC2CCN(CC(=O)N3CCOCC3)CC2)c2ccccc21.CC(C)n1c(=O)n(C(=O)NCC2CCNCC2)c2ccccc21.O=C(O)C(=O)O. The summed E-state index contributed by atoms with van der Waals surface area (Å²) in [6, 6.07) is 14.1. The number of hydrogen-bond acceptors (Lipinski definition) is 10. The number of benzene rings is 2. The molecule has 0 atom stereocenters. The lowest BCUT2D eigenvalue weighted by atomic mass is 9.97. The van der Waals surface area contributed by atoms with Gasteiger partial charge in [0.05, 0.1) is 41.8 Å². The van der Waals surface area contributed by atoms with Gasteiger partial charge in [0.2, 0.25) is 5.91 Å². The van der Waals surface area contributed by atoms with Gasteiger partial charge in [-0.1, -0.05) is 24.3 Å². The third-order valence-corrected chi connectivity index (χ3v) is 11.2. The van der Waals surface area contributed by atoms with Crippen LogP contribution in [0.3, 0.4) is 0 Å². The Labute approximate surface area is 353 Å². The van der Waals surface area contributed by atoms with Gasteiger partial charge in [0, 0.05) is 38.3 Å². The number of carboxylic acid groups (broad SMARTS) is 2. The molecule has 0 radical (unpaired) electrons. The van der Waals surface area contributed by atoms with Crippen molar-refractivity contribution in [2.45, 2.75) is 65.5 Å². The van der Waals surface area contributed by atoms with Crippen molar-refractivity contribution in [2.75, 3.05) is 72.1 Å². The number of rotatable bonds is 8. The van der Waals surface area contributed by atoms with Gasteiger partial charge >= 0.3 is 35.4 Å². The van der Waals surface area contributed by atoms with Crippen LogP contribution in [0.15, 0.2) is 58.1 Å². The lowest BCUT2D eigenvalue weighted by Crippen LogP contribution is -2.48. The topological polar surface area (TPSA) is 231 Å². The van der Waals surface area contributed by atoms with E-state index in [4.69, 9.17) is 24.5 Å². The van der Waals surface area contributed by atoms with Gasteiger partial charge in [-0.05, 0) is 116 Å². The Morgan fingerprint density at radius 2 is 1.07 bits per heavy atom. The molecule has 0 aliphatic carbocycles. The highest BCUT2D eigenvalue weighted by Crippen LogP contribution is 2.20.